The Morgan fingerprint density at radius 1 is 0.508 bits per heavy atom. The van der Waals surface area contributed by atoms with Crippen LogP contribution in [0.5, 0.6) is 0 Å². The van der Waals surface area contributed by atoms with Crippen LogP contribution >= 0.6 is 0 Å². The number of alkyl halides is 6. The summed E-state index contributed by atoms with van der Waals surface area (Å²) in [6.07, 6.45) is -9.68. The molecule has 0 saturated carbocycles. The monoisotopic (exact) mass is 868 g/mol. The maximum Gasteiger partial charge on any atom is 0.416 e. The van der Waals surface area contributed by atoms with Gasteiger partial charge < -0.3 is 9.88 Å². The largest absolute Gasteiger partial charge is 0.416 e. The molecule has 320 valence electrons. The Morgan fingerprint density at radius 3 is 1.58 bits per heavy atom. The van der Waals surface area contributed by atoms with Crippen molar-refractivity contribution in [3.63, 3.8) is 0 Å². The molecule has 1 aliphatic carbocycles. The van der Waals surface area contributed by atoms with E-state index in [0.717, 1.165) is 61.3 Å². The molecule has 1 aromatic heterocycles. The first kappa shape index (κ1) is 41.3. The van der Waals surface area contributed by atoms with Crippen molar-refractivity contribution in [3.05, 3.63) is 220 Å². The van der Waals surface area contributed by atoms with Crippen molar-refractivity contribution in [3.8, 4) is 27.9 Å². The Bertz CT molecular complexity index is 3330. The minimum Gasteiger partial charge on any atom is -0.324 e. The van der Waals surface area contributed by atoms with Crippen molar-refractivity contribution in [1.29, 1.82) is 0 Å². The van der Waals surface area contributed by atoms with Gasteiger partial charge in [-0.2, -0.15) is 26.3 Å². The fourth-order valence-corrected chi connectivity index (χ4v) is 8.59. The summed E-state index contributed by atoms with van der Waals surface area (Å²) >= 11 is 0. The summed E-state index contributed by atoms with van der Waals surface area (Å²) in [5.41, 5.74) is 7.01. The number of aryl methyl sites for hydroxylation is 2. The number of fused-ring (bicyclic) bond motifs is 3. The van der Waals surface area contributed by atoms with Crippen LogP contribution in [-0.2, 0) is 0 Å². The highest BCUT2D eigenvalue weighted by Crippen LogP contribution is 2.41. The number of aromatic nitrogens is 1. The molecule has 1 aliphatic heterocycles. The molecule has 2 aliphatic rings. The van der Waals surface area contributed by atoms with Gasteiger partial charge in [-0.25, -0.2) is 9.98 Å². The number of rotatable bonds is 5. The first-order valence-corrected chi connectivity index (χ1v) is 21.0. The van der Waals surface area contributed by atoms with Gasteiger partial charge in [0.25, 0.3) is 0 Å². The predicted molar refractivity (Wildman–Crippen MR) is 249 cm³/mol. The zero-order valence-electron chi connectivity index (χ0n) is 35.1. The summed E-state index contributed by atoms with van der Waals surface area (Å²) in [4.78, 5) is 9.82. The lowest BCUT2D eigenvalue weighted by Crippen LogP contribution is -2.39. The van der Waals surface area contributed by atoms with Crippen molar-refractivity contribution in [2.45, 2.75) is 32.6 Å². The molecule has 65 heavy (non-hydrogen) atoms. The molecule has 0 fully saturated rings. The lowest BCUT2D eigenvalue weighted by atomic mass is 9.90. The van der Waals surface area contributed by atoms with Gasteiger partial charge in [-0.1, -0.05) is 145 Å². The summed E-state index contributed by atoms with van der Waals surface area (Å²) in [5, 5.41) is 5.55. The number of hydrogen-bond acceptors (Lipinski definition) is 3. The number of nitrogens with one attached hydrogen (secondary N) is 1. The van der Waals surface area contributed by atoms with Crippen molar-refractivity contribution in [1.82, 2.24) is 9.88 Å². The molecular formula is C55H38F6N4. The van der Waals surface area contributed by atoms with Gasteiger partial charge in [-0.15, -0.1) is 0 Å². The normalized spacial score (nSPS) is 16.2. The van der Waals surface area contributed by atoms with Crippen molar-refractivity contribution < 1.29 is 26.3 Å². The zero-order valence-corrected chi connectivity index (χ0v) is 35.1. The van der Waals surface area contributed by atoms with Gasteiger partial charge in [0, 0.05) is 32.8 Å². The number of hydrogen-bond donors (Lipinski definition) is 1. The summed E-state index contributed by atoms with van der Waals surface area (Å²) in [7, 11) is 0. The van der Waals surface area contributed by atoms with Gasteiger partial charge in [0.15, 0.2) is 5.84 Å². The van der Waals surface area contributed by atoms with E-state index in [-0.39, 0.29) is 27.9 Å². The standard InChI is InChI=1S/C55H38F6N4/c1-33-13-17-35(18-14-33)39-21-27-49-45(29-39)46-30-40(36-19-15-34(2)16-20-36)22-28-50(46)65(49)42-24-26-43(44-25-23-41(54(56,57)58)31-48(44)55(59,60)61)47(32-42)53-63-51(37-9-5-3-6-10-37)62-52(64-53)38-11-7-4-8-12-38/h3-24,26-32H,25H2,1-2H3,(H,62,63,64). The van der Waals surface area contributed by atoms with Crippen LogP contribution < -0.4 is 15.8 Å². The molecule has 10 rings (SSSR count). The third-order valence-corrected chi connectivity index (χ3v) is 11.9. The fraction of sp³-hybridized carbons (Fsp3) is 0.0909. The Morgan fingerprint density at radius 2 is 1.05 bits per heavy atom. The highest BCUT2D eigenvalue weighted by Gasteiger charge is 2.42. The molecule has 2 heterocycles. The topological polar surface area (TPSA) is 41.7 Å². The maximum absolute atomic E-state index is 15.0. The molecule has 0 bridgehead atoms. The number of amidine groups is 2. The van der Waals surface area contributed by atoms with Gasteiger partial charge >= 0.3 is 12.4 Å². The Balaban J connectivity index is 1.28. The maximum atomic E-state index is 15.0. The van der Waals surface area contributed by atoms with E-state index in [0.29, 0.717) is 28.5 Å². The molecular weight excluding hydrogens is 831 g/mol. The van der Waals surface area contributed by atoms with Gasteiger partial charge in [0.2, 0.25) is 0 Å². The Kier molecular flexibility index (Phi) is 10.2. The molecule has 8 aromatic rings. The molecule has 0 amide bonds. The van der Waals surface area contributed by atoms with Crippen molar-refractivity contribution in [2.24, 2.45) is 9.98 Å². The highest BCUT2D eigenvalue weighted by molar-refractivity contribution is 6.16. The minimum atomic E-state index is -5.10. The van der Waals surface area contributed by atoms with E-state index in [1.165, 1.54) is 0 Å². The second-order valence-corrected chi connectivity index (χ2v) is 16.3. The van der Waals surface area contributed by atoms with E-state index < -0.39 is 29.9 Å². The SMILES string of the molecule is Cc1ccc(-c2ccc3c(c2)c2cc(-c4ccc(C)cc4)ccc2n3-c2ccc(=C3CC=C(C(F)(F)F)C=C3C(F)(F)F)c(=C3N=C(c4ccccc4)N=C(c4ccccc4)N3)c2)cc1. The van der Waals surface area contributed by atoms with Crippen molar-refractivity contribution >= 4 is 44.9 Å². The molecule has 0 saturated heterocycles. The molecule has 0 atom stereocenters. The lowest BCUT2D eigenvalue weighted by Gasteiger charge is -2.22. The van der Waals surface area contributed by atoms with Crippen LogP contribution in [0, 0.1) is 13.8 Å². The van der Waals surface area contributed by atoms with Crippen molar-refractivity contribution in [2.75, 3.05) is 0 Å². The second-order valence-electron chi connectivity index (χ2n) is 16.3. The van der Waals surface area contributed by atoms with Crippen LogP contribution in [0.1, 0.15) is 28.7 Å². The highest BCUT2D eigenvalue weighted by atomic mass is 19.4. The number of benzene rings is 7. The fourth-order valence-electron chi connectivity index (χ4n) is 8.59. The van der Waals surface area contributed by atoms with Crippen LogP contribution in [0.3, 0.4) is 0 Å². The van der Waals surface area contributed by atoms with Crippen LogP contribution in [0.15, 0.2) is 197 Å². The lowest BCUT2D eigenvalue weighted by molar-refractivity contribution is -0.0938. The van der Waals surface area contributed by atoms with E-state index in [9.17, 15) is 13.2 Å². The Hall–Kier alpha value is -7.72. The van der Waals surface area contributed by atoms with Gasteiger partial charge in [0.05, 0.1) is 22.2 Å². The quantitative estimate of drug-likeness (QED) is 0.172. The number of allylic oxidation sites excluding steroid dienone is 4. The zero-order chi connectivity index (χ0) is 45.0. The summed E-state index contributed by atoms with van der Waals surface area (Å²) < 4.78 is 89.2. The third kappa shape index (κ3) is 7.97. The average Bonchev–Trinajstić information content (AvgIpc) is 3.64. The summed E-state index contributed by atoms with van der Waals surface area (Å²) in [6, 6.07) is 52.7. The van der Waals surface area contributed by atoms with Gasteiger partial charge in [-0.05, 0) is 95.8 Å². The summed E-state index contributed by atoms with van der Waals surface area (Å²) in [5.74, 6) is 0.880. The van der Waals surface area contributed by atoms with E-state index in [1.54, 1.807) is 18.2 Å². The third-order valence-electron chi connectivity index (χ3n) is 11.9. The van der Waals surface area contributed by atoms with Crippen LogP contribution in [-0.4, -0.2) is 28.6 Å². The first-order chi connectivity index (χ1) is 31.3. The second kappa shape index (κ2) is 16.1. The van der Waals surface area contributed by atoms with Crippen LogP contribution in [0.2, 0.25) is 0 Å². The molecule has 10 heteroatoms. The predicted octanol–water partition coefficient (Wildman–Crippen LogP) is 12.8. The van der Waals surface area contributed by atoms with E-state index in [1.807, 2.05) is 86.6 Å². The molecule has 4 nitrogen and oxygen atoms in total. The first-order valence-electron chi connectivity index (χ1n) is 21.0. The van der Waals surface area contributed by atoms with Crippen LogP contribution in [0.25, 0.3) is 61.1 Å². The summed E-state index contributed by atoms with van der Waals surface area (Å²) in [6.45, 7) is 4.08. The number of nitrogens with zero attached hydrogens (tertiary/aromatic N) is 3. The molecule has 0 radical (unpaired) electrons. The molecule has 7 aromatic carbocycles. The molecule has 0 unspecified atom stereocenters. The number of halogens is 6. The smallest absolute Gasteiger partial charge is 0.324 e. The van der Waals surface area contributed by atoms with Gasteiger partial charge in [-0.3, -0.25) is 0 Å². The van der Waals surface area contributed by atoms with E-state index >= 15 is 13.2 Å². The van der Waals surface area contributed by atoms with E-state index in [4.69, 9.17) is 9.98 Å². The Labute approximate surface area is 370 Å². The minimum absolute atomic E-state index is 0.0758. The molecule has 0 spiro atoms. The number of aliphatic imine (C=N–C) groups is 2. The van der Waals surface area contributed by atoms with Gasteiger partial charge in [0.1, 0.15) is 11.7 Å². The van der Waals surface area contributed by atoms with Crippen LogP contribution in [0.4, 0.5) is 26.3 Å². The average molecular weight is 869 g/mol. The van der Waals surface area contributed by atoms with E-state index in [2.05, 4.69) is 82.7 Å². The molecule has 1 N–H and O–H groups in total.